The minimum atomic E-state index is -0.319. The largest absolute Gasteiger partial charge is 0.497 e. The Morgan fingerprint density at radius 3 is 2.07 bits per heavy atom. The minimum Gasteiger partial charge on any atom is -0.497 e. The topological polar surface area (TPSA) is 68.6 Å². The molecule has 0 amide bonds. The fraction of sp³-hybridized carbons (Fsp3) is 0.167. The number of aryl methyl sites for hydroxylation is 1. The highest BCUT2D eigenvalue weighted by Gasteiger charge is 2.10. The lowest BCUT2D eigenvalue weighted by atomic mass is 10.0. The molecule has 5 nitrogen and oxygen atoms in total. The molecule has 0 saturated heterocycles. The third-order valence-corrected chi connectivity index (χ3v) is 4.52. The molecule has 0 heterocycles. The van der Waals surface area contributed by atoms with Crippen LogP contribution >= 0.6 is 0 Å². The van der Waals surface area contributed by atoms with Crippen molar-refractivity contribution in [2.75, 3.05) is 14.2 Å². The van der Waals surface area contributed by atoms with Gasteiger partial charge >= 0.3 is 5.97 Å². The molecule has 0 radical (unpaired) electrons. The van der Waals surface area contributed by atoms with Crippen LogP contribution in [0.15, 0.2) is 66.7 Å². The van der Waals surface area contributed by atoms with Gasteiger partial charge in [-0.3, -0.25) is 4.79 Å². The van der Waals surface area contributed by atoms with Crippen molar-refractivity contribution >= 4 is 5.97 Å². The van der Waals surface area contributed by atoms with E-state index in [1.807, 2.05) is 42.5 Å². The summed E-state index contributed by atoms with van der Waals surface area (Å²) in [6, 6.07) is 22.2. The number of nitrogens with zero attached hydrogens (tertiary/aromatic N) is 1. The van der Waals surface area contributed by atoms with E-state index >= 15 is 0 Å². The molecule has 3 aromatic rings. The number of nitriles is 1. The Bertz CT molecular complexity index is 1020. The molecule has 5 heteroatoms. The summed E-state index contributed by atoms with van der Waals surface area (Å²) in [5, 5.41) is 8.88. The molecule has 0 bridgehead atoms. The van der Waals surface area contributed by atoms with Gasteiger partial charge in [-0.1, -0.05) is 24.3 Å². The lowest BCUT2D eigenvalue weighted by Crippen LogP contribution is -2.09. The molecule has 0 N–H and O–H groups in total. The summed E-state index contributed by atoms with van der Waals surface area (Å²) in [5.74, 6) is 1.60. The lowest BCUT2D eigenvalue weighted by molar-refractivity contribution is -0.134. The number of esters is 1. The van der Waals surface area contributed by atoms with E-state index in [9.17, 15) is 4.79 Å². The second kappa shape index (κ2) is 9.43. The van der Waals surface area contributed by atoms with Gasteiger partial charge in [0.1, 0.15) is 17.2 Å². The smallest absolute Gasteiger partial charge is 0.311 e. The van der Waals surface area contributed by atoms with Crippen molar-refractivity contribution < 1.29 is 19.0 Å². The van der Waals surface area contributed by atoms with Crippen LogP contribution in [0.1, 0.15) is 17.5 Å². The second-order valence-electron chi connectivity index (χ2n) is 6.37. The van der Waals surface area contributed by atoms with E-state index in [0.29, 0.717) is 29.2 Å². The van der Waals surface area contributed by atoms with E-state index in [1.54, 1.807) is 38.5 Å². The maximum Gasteiger partial charge on any atom is 0.311 e. The van der Waals surface area contributed by atoms with Crippen molar-refractivity contribution in [1.29, 1.82) is 5.26 Å². The first-order valence-corrected chi connectivity index (χ1v) is 9.15. The molecule has 0 atom stereocenters. The van der Waals surface area contributed by atoms with Crippen LogP contribution in [0.4, 0.5) is 0 Å². The summed E-state index contributed by atoms with van der Waals surface area (Å²) in [6.07, 6.45) is 0.712. The van der Waals surface area contributed by atoms with Gasteiger partial charge in [-0.25, -0.2) is 0 Å². The highest BCUT2D eigenvalue weighted by Crippen LogP contribution is 2.26. The molecule has 0 saturated carbocycles. The van der Waals surface area contributed by atoms with Crippen molar-refractivity contribution in [2.45, 2.75) is 12.8 Å². The van der Waals surface area contributed by atoms with Crippen LogP contribution in [0.25, 0.3) is 11.1 Å². The first-order chi connectivity index (χ1) is 14.1. The highest BCUT2D eigenvalue weighted by molar-refractivity contribution is 5.73. The number of rotatable bonds is 7. The molecule has 0 unspecified atom stereocenters. The third kappa shape index (κ3) is 5.14. The summed E-state index contributed by atoms with van der Waals surface area (Å²) >= 11 is 0. The van der Waals surface area contributed by atoms with Gasteiger partial charge in [-0.2, -0.15) is 5.26 Å². The Morgan fingerprint density at radius 2 is 1.48 bits per heavy atom. The number of benzene rings is 3. The van der Waals surface area contributed by atoms with Gasteiger partial charge in [0.2, 0.25) is 0 Å². The summed E-state index contributed by atoms with van der Waals surface area (Å²) < 4.78 is 16.0. The summed E-state index contributed by atoms with van der Waals surface area (Å²) in [7, 11) is 3.19. The Hall–Kier alpha value is -3.78. The Morgan fingerprint density at radius 1 is 0.862 bits per heavy atom. The molecule has 0 aliphatic carbocycles. The summed E-state index contributed by atoms with van der Waals surface area (Å²) in [4.78, 5) is 12.2. The zero-order valence-electron chi connectivity index (χ0n) is 16.3. The molecular formula is C24H21NO4. The van der Waals surface area contributed by atoms with Crippen molar-refractivity contribution in [3.8, 4) is 34.4 Å². The van der Waals surface area contributed by atoms with Crippen molar-refractivity contribution in [2.24, 2.45) is 0 Å². The molecule has 29 heavy (non-hydrogen) atoms. The number of hydrogen-bond acceptors (Lipinski definition) is 5. The zero-order chi connectivity index (χ0) is 20.6. The zero-order valence-corrected chi connectivity index (χ0v) is 16.3. The van der Waals surface area contributed by atoms with Gasteiger partial charge in [0.25, 0.3) is 0 Å². The van der Waals surface area contributed by atoms with Crippen LogP contribution in [0.2, 0.25) is 0 Å². The van der Waals surface area contributed by atoms with Gasteiger partial charge in [-0.05, 0) is 65.6 Å². The molecule has 0 aliphatic heterocycles. The second-order valence-corrected chi connectivity index (χ2v) is 6.37. The van der Waals surface area contributed by atoms with Crippen molar-refractivity contribution in [1.82, 2.24) is 0 Å². The number of carbonyl (C=O) groups is 1. The highest BCUT2D eigenvalue weighted by atomic mass is 16.5. The van der Waals surface area contributed by atoms with Crippen molar-refractivity contribution in [3.05, 3.63) is 77.9 Å². The maximum atomic E-state index is 12.2. The minimum absolute atomic E-state index is 0.223. The molecule has 3 rings (SSSR count). The third-order valence-electron chi connectivity index (χ3n) is 4.52. The fourth-order valence-electron chi connectivity index (χ4n) is 2.95. The van der Waals surface area contributed by atoms with E-state index < -0.39 is 0 Å². The molecule has 146 valence electrons. The predicted octanol–water partition coefficient (Wildman–Crippen LogP) is 4.78. The van der Waals surface area contributed by atoms with Crippen LogP contribution < -0.4 is 14.2 Å². The molecule has 0 fully saturated rings. The normalized spacial score (nSPS) is 10.1. The summed E-state index contributed by atoms with van der Waals surface area (Å²) in [6.45, 7) is 0. The van der Waals surface area contributed by atoms with Gasteiger partial charge in [-0.15, -0.1) is 0 Å². The van der Waals surface area contributed by atoms with Crippen LogP contribution in [0, 0.1) is 11.3 Å². The number of carbonyl (C=O) groups excluding carboxylic acids is 1. The van der Waals surface area contributed by atoms with Gasteiger partial charge < -0.3 is 14.2 Å². The van der Waals surface area contributed by atoms with E-state index in [4.69, 9.17) is 19.5 Å². The molecular weight excluding hydrogens is 366 g/mol. The first kappa shape index (κ1) is 20.0. The molecule has 0 spiro atoms. The average molecular weight is 387 g/mol. The lowest BCUT2D eigenvalue weighted by Gasteiger charge is -2.10. The SMILES string of the molecule is COc1ccc(OC)c(CCC(=O)Oc2ccc(-c3ccc(C#N)cc3)cc2)c1. The molecule has 3 aromatic carbocycles. The monoisotopic (exact) mass is 387 g/mol. The van der Waals surface area contributed by atoms with Crippen LogP contribution in [0.3, 0.4) is 0 Å². The van der Waals surface area contributed by atoms with Crippen LogP contribution in [-0.2, 0) is 11.2 Å². The van der Waals surface area contributed by atoms with E-state index in [-0.39, 0.29) is 12.4 Å². The van der Waals surface area contributed by atoms with Gasteiger partial charge in [0.05, 0.1) is 32.3 Å². The number of ether oxygens (including phenoxy) is 3. The first-order valence-electron chi connectivity index (χ1n) is 9.15. The molecule has 0 aromatic heterocycles. The maximum absolute atomic E-state index is 12.2. The quantitative estimate of drug-likeness (QED) is 0.431. The van der Waals surface area contributed by atoms with E-state index in [1.165, 1.54) is 0 Å². The fourth-order valence-corrected chi connectivity index (χ4v) is 2.95. The predicted molar refractivity (Wildman–Crippen MR) is 110 cm³/mol. The molecule has 0 aliphatic rings. The standard InChI is InChI=1S/C24H21NO4/c1-27-22-12-13-23(28-2)20(15-22)9-14-24(26)29-21-10-7-19(8-11-21)18-5-3-17(16-25)4-6-18/h3-8,10-13,15H,9,14H2,1-2H3. The average Bonchev–Trinajstić information content (AvgIpc) is 2.78. The Balaban J connectivity index is 1.60. The Kier molecular flexibility index (Phi) is 6.49. The summed E-state index contributed by atoms with van der Waals surface area (Å²) in [5.41, 5.74) is 3.48. The van der Waals surface area contributed by atoms with Gasteiger partial charge in [0, 0.05) is 0 Å². The van der Waals surface area contributed by atoms with E-state index in [0.717, 1.165) is 16.7 Å². The number of methoxy groups -OCH3 is 2. The van der Waals surface area contributed by atoms with Crippen LogP contribution in [-0.4, -0.2) is 20.2 Å². The number of hydrogen-bond donors (Lipinski definition) is 0. The Labute approximate surface area is 170 Å². The van der Waals surface area contributed by atoms with Gasteiger partial charge in [0.15, 0.2) is 0 Å². The van der Waals surface area contributed by atoms with Crippen LogP contribution in [0.5, 0.6) is 17.2 Å². The van der Waals surface area contributed by atoms with Crippen molar-refractivity contribution in [3.63, 3.8) is 0 Å². The van der Waals surface area contributed by atoms with E-state index in [2.05, 4.69) is 6.07 Å².